The average molecular weight is 478 g/mol. The summed E-state index contributed by atoms with van der Waals surface area (Å²) >= 11 is 11.0. The molecule has 0 unspecified atom stereocenters. The number of hydrazine groups is 1. The minimum absolute atomic E-state index is 0.0222. The van der Waals surface area contributed by atoms with Crippen molar-refractivity contribution >= 4 is 51.6 Å². The van der Waals surface area contributed by atoms with Gasteiger partial charge in [-0.05, 0) is 41.5 Å². The molecule has 2 aromatic carbocycles. The molecule has 0 fully saturated rings. The molecule has 33 heavy (non-hydrogen) atoms. The first-order chi connectivity index (χ1) is 15.9. The number of fused-ring (bicyclic) bond motifs is 1. The summed E-state index contributed by atoms with van der Waals surface area (Å²) in [5, 5.41) is 2.40. The number of anilines is 1. The van der Waals surface area contributed by atoms with Crippen LogP contribution in [0.5, 0.6) is 0 Å². The van der Waals surface area contributed by atoms with E-state index >= 15 is 0 Å². The van der Waals surface area contributed by atoms with Crippen molar-refractivity contribution < 1.29 is 9.21 Å². The van der Waals surface area contributed by atoms with Crippen LogP contribution in [-0.2, 0) is 0 Å². The van der Waals surface area contributed by atoms with E-state index in [1.54, 1.807) is 18.2 Å². The number of nitrogens with two attached hydrogens (primary N) is 2. The van der Waals surface area contributed by atoms with Gasteiger partial charge in [-0.15, -0.1) is 6.58 Å². The van der Waals surface area contributed by atoms with Gasteiger partial charge >= 0.3 is 5.91 Å². The van der Waals surface area contributed by atoms with Gasteiger partial charge in [-0.2, -0.15) is 0 Å². The number of benzene rings is 2. The van der Waals surface area contributed by atoms with Gasteiger partial charge in [0, 0.05) is 10.6 Å². The maximum absolute atomic E-state index is 12.9. The first kappa shape index (κ1) is 22.3. The molecule has 2 heterocycles. The zero-order valence-corrected chi connectivity index (χ0v) is 19.0. The molecule has 0 bridgehead atoms. The van der Waals surface area contributed by atoms with Crippen molar-refractivity contribution in [3.8, 4) is 22.4 Å². The van der Waals surface area contributed by atoms with Gasteiger partial charge < -0.3 is 15.9 Å². The molecule has 5 N–H and O–H groups in total. The molecule has 9 heteroatoms. The second-order valence-electron chi connectivity index (χ2n) is 7.13. The summed E-state index contributed by atoms with van der Waals surface area (Å²) in [6.07, 6.45) is 1.55. The number of halogens is 1. The zero-order valence-electron chi connectivity index (χ0n) is 17.4. The molecule has 0 spiro atoms. The Kier molecular flexibility index (Phi) is 6.30. The van der Waals surface area contributed by atoms with Crippen LogP contribution in [0, 0.1) is 0 Å². The number of nitrogens with one attached hydrogen (secondary N) is 1. The number of nitrogen functional groups attached to an aromatic ring is 1. The predicted octanol–water partition coefficient (Wildman–Crippen LogP) is 4.77. The molecule has 0 atom stereocenters. The third kappa shape index (κ3) is 4.52. The van der Waals surface area contributed by atoms with E-state index in [1.165, 1.54) is 5.01 Å². The zero-order chi connectivity index (χ0) is 23.5. The monoisotopic (exact) mass is 477 g/mol. The van der Waals surface area contributed by atoms with Crippen LogP contribution in [0.25, 0.3) is 33.5 Å². The molecule has 0 aliphatic carbocycles. The summed E-state index contributed by atoms with van der Waals surface area (Å²) in [6, 6.07) is 18.9. The van der Waals surface area contributed by atoms with Gasteiger partial charge in [-0.3, -0.25) is 15.2 Å². The van der Waals surface area contributed by atoms with Crippen LogP contribution in [0.3, 0.4) is 0 Å². The Morgan fingerprint density at radius 1 is 1.18 bits per heavy atom. The van der Waals surface area contributed by atoms with E-state index < -0.39 is 5.91 Å². The van der Waals surface area contributed by atoms with E-state index in [1.807, 2.05) is 48.5 Å². The molecule has 166 valence electrons. The van der Waals surface area contributed by atoms with E-state index in [0.29, 0.717) is 16.1 Å². The standard InChI is InChI=1S/C24H20ClN5O2S/c1-2-12-30(24(27)33)29-22(31)21-20(26)19-17(14-6-4-3-5-7-14)13-18(28-23(19)32-21)15-8-10-16(25)11-9-15/h2-11,13H,1,12,26H2,(H2,27,33)(H,29,31). The number of thiocarbonyl (C=S) groups is 1. The highest BCUT2D eigenvalue weighted by Crippen LogP contribution is 2.38. The molecule has 1 amide bonds. The Labute approximate surface area is 200 Å². The summed E-state index contributed by atoms with van der Waals surface area (Å²) in [6.45, 7) is 3.85. The lowest BCUT2D eigenvalue weighted by molar-refractivity contribution is 0.0853. The fraction of sp³-hybridized carbons (Fsp3) is 0.0417. The summed E-state index contributed by atoms with van der Waals surface area (Å²) in [5.74, 6) is -0.694. The first-order valence-corrected chi connectivity index (χ1v) is 10.7. The van der Waals surface area contributed by atoms with Gasteiger partial charge in [0.15, 0.2) is 5.11 Å². The largest absolute Gasteiger partial charge is 0.430 e. The normalized spacial score (nSPS) is 10.7. The molecule has 0 saturated carbocycles. The highest BCUT2D eigenvalue weighted by atomic mass is 35.5. The molecule has 0 radical (unpaired) electrons. The van der Waals surface area contributed by atoms with Crippen LogP contribution in [0.2, 0.25) is 5.02 Å². The number of rotatable bonds is 5. The fourth-order valence-electron chi connectivity index (χ4n) is 3.40. The molecule has 4 rings (SSSR count). The number of carbonyl (C=O) groups is 1. The molecule has 0 aliphatic rings. The smallest absolute Gasteiger partial charge is 0.307 e. The fourth-order valence-corrected chi connectivity index (χ4v) is 3.64. The maximum Gasteiger partial charge on any atom is 0.307 e. The minimum atomic E-state index is -0.604. The summed E-state index contributed by atoms with van der Waals surface area (Å²) < 4.78 is 5.86. The van der Waals surface area contributed by atoms with Crippen LogP contribution in [-0.4, -0.2) is 27.6 Å². The topological polar surface area (TPSA) is 110 Å². The molecule has 7 nitrogen and oxygen atoms in total. The highest BCUT2D eigenvalue weighted by Gasteiger charge is 2.25. The van der Waals surface area contributed by atoms with E-state index in [4.69, 9.17) is 39.7 Å². The van der Waals surface area contributed by atoms with Gasteiger partial charge in [-0.25, -0.2) is 4.98 Å². The Hall–Kier alpha value is -3.88. The van der Waals surface area contributed by atoms with Gasteiger partial charge in [0.2, 0.25) is 11.5 Å². The van der Waals surface area contributed by atoms with Crippen molar-refractivity contribution in [2.24, 2.45) is 5.73 Å². The van der Waals surface area contributed by atoms with Gasteiger partial charge in [0.05, 0.1) is 23.3 Å². The van der Waals surface area contributed by atoms with Crippen LogP contribution in [0.4, 0.5) is 5.69 Å². The Morgan fingerprint density at radius 2 is 1.88 bits per heavy atom. The van der Waals surface area contributed by atoms with Crippen LogP contribution >= 0.6 is 23.8 Å². The molecule has 4 aromatic rings. The van der Waals surface area contributed by atoms with Crippen molar-refractivity contribution in [1.29, 1.82) is 0 Å². The van der Waals surface area contributed by atoms with Gasteiger partial charge in [0.1, 0.15) is 0 Å². The molecule has 0 saturated heterocycles. The van der Waals surface area contributed by atoms with Crippen LogP contribution in [0.1, 0.15) is 10.6 Å². The maximum atomic E-state index is 12.9. The minimum Gasteiger partial charge on any atom is -0.430 e. The molecule has 0 aliphatic heterocycles. The number of aromatic nitrogens is 1. The average Bonchev–Trinajstić information content (AvgIpc) is 3.15. The van der Waals surface area contributed by atoms with Crippen molar-refractivity contribution in [2.45, 2.75) is 0 Å². The van der Waals surface area contributed by atoms with Crippen LogP contribution in [0.15, 0.2) is 77.7 Å². The Bertz CT molecular complexity index is 1350. The van der Waals surface area contributed by atoms with Crippen molar-refractivity contribution in [3.63, 3.8) is 0 Å². The molecular weight excluding hydrogens is 458 g/mol. The number of amides is 1. The van der Waals surface area contributed by atoms with Crippen molar-refractivity contribution in [1.82, 2.24) is 15.4 Å². The number of hydrogen-bond donors (Lipinski definition) is 3. The SMILES string of the molecule is C=CCN(NC(=O)c1oc2nc(-c3ccc(Cl)cc3)cc(-c3ccccc3)c2c1N)C(N)=S. The quantitative estimate of drug-likeness (QED) is 0.215. The lowest BCUT2D eigenvalue weighted by atomic mass is 9.99. The van der Waals surface area contributed by atoms with Crippen molar-refractivity contribution in [2.75, 3.05) is 12.3 Å². The van der Waals surface area contributed by atoms with Crippen LogP contribution < -0.4 is 16.9 Å². The summed E-state index contributed by atoms with van der Waals surface area (Å²) in [4.78, 5) is 17.6. The first-order valence-electron chi connectivity index (χ1n) is 9.92. The van der Waals surface area contributed by atoms with Crippen molar-refractivity contribution in [3.05, 3.63) is 84.1 Å². The van der Waals surface area contributed by atoms with E-state index in [-0.39, 0.29) is 28.8 Å². The van der Waals surface area contributed by atoms with Gasteiger partial charge in [-0.1, -0.05) is 60.1 Å². The van der Waals surface area contributed by atoms with E-state index in [9.17, 15) is 4.79 Å². The summed E-state index contributed by atoms with van der Waals surface area (Å²) in [5.41, 5.74) is 18.2. The Balaban J connectivity index is 1.87. The van der Waals surface area contributed by atoms with Gasteiger partial charge in [0.25, 0.3) is 0 Å². The second-order valence-corrected chi connectivity index (χ2v) is 7.99. The lowest BCUT2D eigenvalue weighted by Crippen LogP contribution is -2.48. The molecular formula is C24H20ClN5O2S. The lowest BCUT2D eigenvalue weighted by Gasteiger charge is -2.20. The predicted molar refractivity (Wildman–Crippen MR) is 135 cm³/mol. The summed E-state index contributed by atoms with van der Waals surface area (Å²) in [7, 11) is 0. The third-order valence-electron chi connectivity index (χ3n) is 4.94. The molecule has 2 aromatic heterocycles. The van der Waals surface area contributed by atoms with E-state index in [2.05, 4.69) is 17.0 Å². The number of furan rings is 1. The third-order valence-corrected chi connectivity index (χ3v) is 5.42. The number of hydrogen-bond acceptors (Lipinski definition) is 5. The number of carbonyl (C=O) groups excluding carboxylic acids is 1. The highest BCUT2D eigenvalue weighted by molar-refractivity contribution is 7.80. The Morgan fingerprint density at radius 3 is 2.52 bits per heavy atom. The second kappa shape index (κ2) is 9.32. The number of pyridine rings is 1. The van der Waals surface area contributed by atoms with E-state index in [0.717, 1.165) is 16.7 Å². The number of nitrogens with zero attached hydrogens (tertiary/aromatic N) is 2.